The second kappa shape index (κ2) is 8.90. The molecule has 0 saturated heterocycles. The predicted octanol–water partition coefficient (Wildman–Crippen LogP) is 5.30. The largest absolute Gasteiger partial charge is 0.489 e. The lowest BCUT2D eigenvalue weighted by atomic mass is 9.98. The van der Waals surface area contributed by atoms with Crippen LogP contribution in [0.4, 0.5) is 4.39 Å². The summed E-state index contributed by atoms with van der Waals surface area (Å²) in [4.78, 5) is 0. The Bertz CT molecular complexity index is 633. The minimum absolute atomic E-state index is 0.225. The molecule has 0 radical (unpaired) electrons. The zero-order valence-corrected chi connectivity index (χ0v) is 14.4. The molecule has 1 N–H and O–H groups in total. The summed E-state index contributed by atoms with van der Waals surface area (Å²) in [5.41, 5.74) is 2.43. The van der Waals surface area contributed by atoms with Crippen molar-refractivity contribution in [2.45, 2.75) is 32.7 Å². The highest BCUT2D eigenvalue weighted by molar-refractivity contribution is 6.30. The van der Waals surface area contributed by atoms with Crippen molar-refractivity contribution < 1.29 is 9.13 Å². The molecule has 0 spiro atoms. The Morgan fingerprint density at radius 3 is 2.74 bits per heavy atom. The summed E-state index contributed by atoms with van der Waals surface area (Å²) in [6, 6.07) is 12.6. The second-order valence-electron chi connectivity index (χ2n) is 5.58. The number of halogens is 2. The molecule has 2 rings (SSSR count). The molecule has 0 heterocycles. The molecular weight excluding hydrogens is 313 g/mol. The van der Waals surface area contributed by atoms with Crippen molar-refractivity contribution >= 4 is 11.6 Å². The van der Waals surface area contributed by atoms with Crippen LogP contribution in [0.5, 0.6) is 5.75 Å². The molecule has 2 aromatic rings. The molecule has 0 saturated carbocycles. The molecule has 0 bridgehead atoms. The summed E-state index contributed by atoms with van der Waals surface area (Å²) in [5.74, 6) is -0.0384. The van der Waals surface area contributed by atoms with Crippen LogP contribution in [-0.2, 0) is 0 Å². The quantitative estimate of drug-likeness (QED) is 0.661. The number of para-hydroxylation sites is 1. The minimum atomic E-state index is -0.330. The topological polar surface area (TPSA) is 21.3 Å². The molecule has 0 aliphatic carbocycles. The number of aryl methyl sites for hydroxylation is 1. The van der Waals surface area contributed by atoms with Gasteiger partial charge < -0.3 is 10.1 Å². The van der Waals surface area contributed by atoms with E-state index in [4.69, 9.17) is 16.3 Å². The van der Waals surface area contributed by atoms with Gasteiger partial charge in [-0.2, -0.15) is 0 Å². The predicted molar refractivity (Wildman–Crippen MR) is 93.7 cm³/mol. The lowest BCUT2D eigenvalue weighted by Crippen LogP contribution is -2.27. The van der Waals surface area contributed by atoms with E-state index in [2.05, 4.69) is 19.2 Å². The first-order valence-corrected chi connectivity index (χ1v) is 8.36. The molecule has 0 aliphatic heterocycles. The molecule has 4 heteroatoms. The van der Waals surface area contributed by atoms with Crippen molar-refractivity contribution in [1.29, 1.82) is 0 Å². The highest BCUT2D eigenvalue weighted by Gasteiger charge is 2.13. The summed E-state index contributed by atoms with van der Waals surface area (Å²) < 4.78 is 19.0. The van der Waals surface area contributed by atoms with Gasteiger partial charge in [-0.15, -0.1) is 0 Å². The molecule has 1 unspecified atom stereocenters. The Morgan fingerprint density at radius 1 is 1.22 bits per heavy atom. The van der Waals surface area contributed by atoms with Crippen LogP contribution in [0.25, 0.3) is 0 Å². The van der Waals surface area contributed by atoms with Gasteiger partial charge >= 0.3 is 0 Å². The number of nitrogens with one attached hydrogen (secondary N) is 1. The van der Waals surface area contributed by atoms with Gasteiger partial charge in [0.15, 0.2) is 11.6 Å². The van der Waals surface area contributed by atoms with Gasteiger partial charge in [0.1, 0.15) is 6.61 Å². The smallest absolute Gasteiger partial charge is 0.165 e. The van der Waals surface area contributed by atoms with E-state index in [1.165, 1.54) is 17.2 Å². The summed E-state index contributed by atoms with van der Waals surface area (Å²) in [7, 11) is 0. The zero-order chi connectivity index (χ0) is 16.7. The lowest BCUT2D eigenvalue weighted by Gasteiger charge is -2.21. The maximum atomic E-state index is 13.5. The fourth-order valence-electron chi connectivity index (χ4n) is 2.60. The van der Waals surface area contributed by atoms with E-state index in [9.17, 15) is 4.39 Å². The number of hydrogen-bond acceptors (Lipinski definition) is 2. The summed E-state index contributed by atoms with van der Waals surface area (Å²) in [6.07, 6.45) is 2.08. The monoisotopic (exact) mass is 335 g/mol. The van der Waals surface area contributed by atoms with Crippen molar-refractivity contribution in [3.63, 3.8) is 0 Å². The molecule has 0 amide bonds. The van der Waals surface area contributed by atoms with Crippen molar-refractivity contribution in [3.05, 3.63) is 64.4 Å². The summed E-state index contributed by atoms with van der Waals surface area (Å²) in [5, 5.41) is 4.24. The Kier molecular flexibility index (Phi) is 6.87. The Balaban J connectivity index is 1.92. The number of benzene rings is 2. The number of rotatable bonds is 8. The van der Waals surface area contributed by atoms with Crippen LogP contribution in [-0.4, -0.2) is 13.2 Å². The highest BCUT2D eigenvalue weighted by Crippen LogP contribution is 2.25. The standard InChI is InChI=1S/C19H23ClFNO/c1-3-6-18(16-13-15(20)10-9-14(16)2)22-11-12-23-19-8-5-4-7-17(19)21/h4-5,7-10,13,18,22H,3,6,11-12H2,1-2H3. The van der Waals surface area contributed by atoms with Crippen molar-refractivity contribution in [2.24, 2.45) is 0 Å². The fraction of sp³-hybridized carbons (Fsp3) is 0.368. The summed E-state index contributed by atoms with van der Waals surface area (Å²) in [6.45, 7) is 5.31. The van der Waals surface area contributed by atoms with Crippen LogP contribution in [0.1, 0.15) is 36.9 Å². The molecule has 0 aromatic heterocycles. The Morgan fingerprint density at radius 2 is 2.00 bits per heavy atom. The van der Waals surface area contributed by atoms with E-state index >= 15 is 0 Å². The van der Waals surface area contributed by atoms with Crippen LogP contribution < -0.4 is 10.1 Å². The van der Waals surface area contributed by atoms with Gasteiger partial charge in [0.25, 0.3) is 0 Å². The molecule has 2 aromatic carbocycles. The third-order valence-corrected chi connectivity index (χ3v) is 4.02. The molecule has 124 valence electrons. The maximum absolute atomic E-state index is 13.5. The first-order valence-electron chi connectivity index (χ1n) is 7.98. The van der Waals surface area contributed by atoms with Gasteiger partial charge in [-0.1, -0.05) is 43.1 Å². The third kappa shape index (κ3) is 5.22. The van der Waals surface area contributed by atoms with E-state index in [-0.39, 0.29) is 11.9 Å². The fourth-order valence-corrected chi connectivity index (χ4v) is 2.78. The molecule has 2 nitrogen and oxygen atoms in total. The van der Waals surface area contributed by atoms with Gasteiger partial charge in [0.05, 0.1) is 0 Å². The van der Waals surface area contributed by atoms with E-state index < -0.39 is 0 Å². The van der Waals surface area contributed by atoms with Gasteiger partial charge in [-0.05, 0) is 48.7 Å². The van der Waals surface area contributed by atoms with Gasteiger partial charge in [0.2, 0.25) is 0 Å². The van der Waals surface area contributed by atoms with E-state index in [1.807, 2.05) is 18.2 Å². The molecule has 1 atom stereocenters. The van der Waals surface area contributed by atoms with Crippen LogP contribution in [0, 0.1) is 12.7 Å². The van der Waals surface area contributed by atoms with E-state index in [0.717, 1.165) is 17.9 Å². The third-order valence-electron chi connectivity index (χ3n) is 3.78. The summed E-state index contributed by atoms with van der Waals surface area (Å²) >= 11 is 6.13. The van der Waals surface area contributed by atoms with Gasteiger partial charge in [0, 0.05) is 17.6 Å². The maximum Gasteiger partial charge on any atom is 0.165 e. The van der Waals surface area contributed by atoms with Crippen molar-refractivity contribution in [3.8, 4) is 5.75 Å². The average molecular weight is 336 g/mol. The highest BCUT2D eigenvalue weighted by atomic mass is 35.5. The number of hydrogen-bond donors (Lipinski definition) is 1. The molecule has 23 heavy (non-hydrogen) atoms. The first-order chi connectivity index (χ1) is 11.1. The van der Waals surface area contributed by atoms with Crippen LogP contribution in [0.3, 0.4) is 0 Å². The Hall–Kier alpha value is -1.58. The van der Waals surface area contributed by atoms with E-state index in [0.29, 0.717) is 18.9 Å². The SMILES string of the molecule is CCCC(NCCOc1ccccc1F)c1cc(Cl)ccc1C. The lowest BCUT2D eigenvalue weighted by molar-refractivity contribution is 0.289. The van der Waals surface area contributed by atoms with Gasteiger partial charge in [-0.3, -0.25) is 0 Å². The average Bonchev–Trinajstić information content (AvgIpc) is 2.54. The molecular formula is C19H23ClFNO. The normalized spacial score (nSPS) is 12.2. The van der Waals surface area contributed by atoms with Crippen LogP contribution >= 0.6 is 11.6 Å². The van der Waals surface area contributed by atoms with Crippen molar-refractivity contribution in [1.82, 2.24) is 5.32 Å². The first kappa shape index (κ1) is 17.8. The van der Waals surface area contributed by atoms with Crippen molar-refractivity contribution in [2.75, 3.05) is 13.2 Å². The zero-order valence-electron chi connectivity index (χ0n) is 13.6. The van der Waals surface area contributed by atoms with E-state index in [1.54, 1.807) is 18.2 Å². The van der Waals surface area contributed by atoms with Crippen LogP contribution in [0.2, 0.25) is 5.02 Å². The van der Waals surface area contributed by atoms with Gasteiger partial charge in [-0.25, -0.2) is 4.39 Å². The number of ether oxygens (including phenoxy) is 1. The molecule has 0 aliphatic rings. The Labute approximate surface area is 142 Å². The van der Waals surface area contributed by atoms with Crippen LogP contribution in [0.15, 0.2) is 42.5 Å². The second-order valence-corrected chi connectivity index (χ2v) is 6.01. The minimum Gasteiger partial charge on any atom is -0.489 e. The molecule has 0 fully saturated rings.